The predicted octanol–water partition coefficient (Wildman–Crippen LogP) is 2.68. The summed E-state index contributed by atoms with van der Waals surface area (Å²) in [4.78, 5) is 28.6. The second kappa shape index (κ2) is 10.9. The molecule has 3 rings (SSSR count). The van der Waals surface area contributed by atoms with E-state index in [2.05, 4.69) is 22.2 Å². The van der Waals surface area contributed by atoms with Crippen LogP contribution in [-0.2, 0) is 14.8 Å². The number of carbonyl (C=O) groups excluding carboxylic acids is 2. The molecule has 0 atom stereocenters. The molecule has 2 aromatic carbocycles. The van der Waals surface area contributed by atoms with Crippen molar-refractivity contribution < 1.29 is 18.0 Å². The van der Waals surface area contributed by atoms with Gasteiger partial charge in [-0.1, -0.05) is 24.3 Å². The van der Waals surface area contributed by atoms with Crippen LogP contribution in [-0.4, -0.2) is 76.1 Å². The van der Waals surface area contributed by atoms with E-state index in [1.54, 1.807) is 0 Å². The molecule has 8 nitrogen and oxygen atoms in total. The van der Waals surface area contributed by atoms with Crippen molar-refractivity contribution in [2.75, 3.05) is 57.0 Å². The van der Waals surface area contributed by atoms with E-state index >= 15 is 0 Å². The topological polar surface area (TPSA) is 90.0 Å². The molecule has 0 radical (unpaired) electrons. The number of anilines is 2. The van der Waals surface area contributed by atoms with Crippen molar-refractivity contribution in [1.82, 2.24) is 9.21 Å². The van der Waals surface area contributed by atoms with Crippen molar-refractivity contribution in [1.29, 1.82) is 0 Å². The van der Waals surface area contributed by atoms with E-state index in [1.807, 2.05) is 24.3 Å². The Hall–Kier alpha value is -2.75. The zero-order valence-corrected chi connectivity index (χ0v) is 20.3. The third kappa shape index (κ3) is 6.40. The fourth-order valence-corrected chi connectivity index (χ4v) is 4.95. The highest BCUT2D eigenvalue weighted by atomic mass is 32.2. The molecule has 33 heavy (non-hydrogen) atoms. The summed E-state index contributed by atoms with van der Waals surface area (Å²) in [7, 11) is -0.0889. The maximum Gasteiger partial charge on any atom is 0.242 e. The monoisotopic (exact) mass is 472 g/mol. The van der Waals surface area contributed by atoms with E-state index in [1.165, 1.54) is 42.5 Å². The first-order valence-corrected chi connectivity index (χ1v) is 12.5. The lowest BCUT2D eigenvalue weighted by Crippen LogP contribution is -2.44. The zero-order chi connectivity index (χ0) is 24.0. The Morgan fingerprint density at radius 2 is 1.64 bits per heavy atom. The molecule has 9 heteroatoms. The van der Waals surface area contributed by atoms with Crippen molar-refractivity contribution in [3.05, 3.63) is 54.1 Å². The second-order valence-corrected chi connectivity index (χ2v) is 10.4. The second-order valence-electron chi connectivity index (χ2n) is 8.37. The van der Waals surface area contributed by atoms with Crippen LogP contribution in [0.4, 0.5) is 11.4 Å². The molecule has 178 valence electrons. The number of hydrogen-bond acceptors (Lipinski definition) is 6. The lowest BCUT2D eigenvalue weighted by Gasteiger charge is -2.35. The standard InChI is InChI=1S/C24H32N4O4S/c1-19(29)20-10-12-21(13-11-20)33(31,32)27(3)14-6-9-24(30)25-22-7-4-5-8-23(22)28-17-15-26(2)16-18-28/h4-5,7-8,10-13H,6,9,14-18H2,1-3H3,(H,25,30). The zero-order valence-electron chi connectivity index (χ0n) is 19.5. The molecule has 1 saturated heterocycles. The van der Waals surface area contributed by atoms with Gasteiger partial charge in [0.1, 0.15) is 0 Å². The Morgan fingerprint density at radius 3 is 2.27 bits per heavy atom. The first-order chi connectivity index (χ1) is 15.7. The number of Topliss-reactive ketones (excluding diaryl/α,β-unsaturated/α-hetero) is 1. The number of hydrogen-bond donors (Lipinski definition) is 1. The SMILES string of the molecule is CC(=O)c1ccc(S(=O)(=O)N(C)CCCC(=O)Nc2ccccc2N2CCN(C)CC2)cc1. The van der Waals surface area contributed by atoms with Crippen molar-refractivity contribution in [2.45, 2.75) is 24.7 Å². The van der Waals surface area contributed by atoms with Gasteiger partial charge < -0.3 is 15.1 Å². The summed E-state index contributed by atoms with van der Waals surface area (Å²) in [6.07, 6.45) is 0.601. The van der Waals surface area contributed by atoms with E-state index in [4.69, 9.17) is 0 Å². The third-order valence-electron chi connectivity index (χ3n) is 5.87. The number of sulfonamides is 1. The number of nitrogens with zero attached hydrogens (tertiary/aromatic N) is 3. The molecule has 0 aromatic heterocycles. The average molecular weight is 473 g/mol. The van der Waals surface area contributed by atoms with Crippen molar-refractivity contribution in [2.24, 2.45) is 0 Å². The van der Waals surface area contributed by atoms with E-state index in [0.717, 1.165) is 37.6 Å². The van der Waals surface area contributed by atoms with Crippen molar-refractivity contribution >= 4 is 33.1 Å². The Labute approximate surface area is 196 Å². The van der Waals surface area contributed by atoms with Crippen LogP contribution in [0.3, 0.4) is 0 Å². The minimum Gasteiger partial charge on any atom is -0.367 e. The smallest absolute Gasteiger partial charge is 0.242 e. The molecular weight excluding hydrogens is 440 g/mol. The third-order valence-corrected chi connectivity index (χ3v) is 7.74. The van der Waals surface area contributed by atoms with Crippen LogP contribution in [0.2, 0.25) is 0 Å². The number of benzene rings is 2. The first-order valence-electron chi connectivity index (χ1n) is 11.1. The molecule has 1 aliphatic heterocycles. The number of amides is 1. The number of rotatable bonds is 9. The maximum atomic E-state index is 12.8. The highest BCUT2D eigenvalue weighted by molar-refractivity contribution is 7.89. The molecule has 1 amide bonds. The van der Waals surface area contributed by atoms with Gasteiger partial charge in [-0.3, -0.25) is 9.59 Å². The van der Waals surface area contributed by atoms with E-state index in [0.29, 0.717) is 12.0 Å². The Bertz CT molecular complexity index is 1080. The molecule has 0 bridgehead atoms. The molecule has 0 saturated carbocycles. The number of piperazine rings is 1. The van der Waals surface area contributed by atoms with Gasteiger partial charge in [-0.25, -0.2) is 12.7 Å². The Balaban J connectivity index is 1.54. The van der Waals surface area contributed by atoms with Gasteiger partial charge in [-0.15, -0.1) is 0 Å². The van der Waals surface area contributed by atoms with Gasteiger partial charge in [0.2, 0.25) is 15.9 Å². The molecule has 0 unspecified atom stereocenters. The minimum absolute atomic E-state index is 0.118. The van der Waals surface area contributed by atoms with Crippen molar-refractivity contribution in [3.8, 4) is 0 Å². The molecule has 2 aromatic rings. The lowest BCUT2D eigenvalue weighted by atomic mass is 10.2. The summed E-state index contributed by atoms with van der Waals surface area (Å²) in [5.41, 5.74) is 2.25. The molecule has 1 heterocycles. The molecular formula is C24H32N4O4S. The van der Waals surface area contributed by atoms with Gasteiger partial charge in [0.15, 0.2) is 5.78 Å². The largest absolute Gasteiger partial charge is 0.367 e. The van der Waals surface area contributed by atoms with Gasteiger partial charge in [-0.05, 0) is 44.7 Å². The number of likely N-dealkylation sites (N-methyl/N-ethyl adjacent to an activating group) is 1. The van der Waals surface area contributed by atoms with Gasteiger partial charge in [0.05, 0.1) is 16.3 Å². The van der Waals surface area contributed by atoms with Crippen LogP contribution >= 0.6 is 0 Å². The molecule has 0 aliphatic carbocycles. The van der Waals surface area contributed by atoms with Crippen LogP contribution in [0.5, 0.6) is 0 Å². The fourth-order valence-electron chi connectivity index (χ4n) is 3.74. The van der Waals surface area contributed by atoms with Crippen LogP contribution in [0.15, 0.2) is 53.4 Å². The summed E-state index contributed by atoms with van der Waals surface area (Å²) in [6, 6.07) is 13.7. The van der Waals surface area contributed by atoms with Crippen LogP contribution in [0.1, 0.15) is 30.1 Å². The molecule has 0 spiro atoms. The summed E-state index contributed by atoms with van der Waals surface area (Å²) in [5.74, 6) is -0.263. The Morgan fingerprint density at radius 1 is 1.00 bits per heavy atom. The number of para-hydroxylation sites is 2. The van der Waals surface area contributed by atoms with E-state index in [9.17, 15) is 18.0 Å². The summed E-state index contributed by atoms with van der Waals surface area (Å²) < 4.78 is 26.7. The van der Waals surface area contributed by atoms with Crippen LogP contribution in [0.25, 0.3) is 0 Å². The van der Waals surface area contributed by atoms with Gasteiger partial charge in [0.25, 0.3) is 0 Å². The van der Waals surface area contributed by atoms with E-state index in [-0.39, 0.29) is 29.6 Å². The highest BCUT2D eigenvalue weighted by Crippen LogP contribution is 2.26. The summed E-state index contributed by atoms with van der Waals surface area (Å²) >= 11 is 0. The average Bonchev–Trinajstić information content (AvgIpc) is 2.80. The predicted molar refractivity (Wildman–Crippen MR) is 130 cm³/mol. The van der Waals surface area contributed by atoms with Crippen LogP contribution < -0.4 is 10.2 Å². The summed E-state index contributed by atoms with van der Waals surface area (Å²) in [5, 5.41) is 2.99. The van der Waals surface area contributed by atoms with Gasteiger partial charge in [0, 0.05) is 51.8 Å². The first kappa shape index (κ1) is 24.9. The summed E-state index contributed by atoms with van der Waals surface area (Å²) in [6.45, 7) is 5.40. The molecule has 1 N–H and O–H groups in total. The highest BCUT2D eigenvalue weighted by Gasteiger charge is 2.21. The number of ketones is 1. The van der Waals surface area contributed by atoms with Crippen molar-refractivity contribution in [3.63, 3.8) is 0 Å². The van der Waals surface area contributed by atoms with E-state index < -0.39 is 10.0 Å². The molecule has 1 fully saturated rings. The van der Waals surface area contributed by atoms with Gasteiger partial charge >= 0.3 is 0 Å². The number of carbonyl (C=O) groups is 2. The fraction of sp³-hybridized carbons (Fsp3) is 0.417. The lowest BCUT2D eigenvalue weighted by molar-refractivity contribution is -0.116. The molecule has 1 aliphatic rings. The Kier molecular flexibility index (Phi) is 8.23. The quantitative estimate of drug-likeness (QED) is 0.565. The normalized spacial score (nSPS) is 15.0. The van der Waals surface area contributed by atoms with Gasteiger partial charge in [-0.2, -0.15) is 0 Å². The maximum absolute atomic E-state index is 12.8. The minimum atomic E-state index is -3.68. The number of nitrogens with one attached hydrogen (secondary N) is 1. The van der Waals surface area contributed by atoms with Crippen LogP contribution in [0, 0.1) is 0 Å².